The summed E-state index contributed by atoms with van der Waals surface area (Å²) in [6.45, 7) is 17.4. The Morgan fingerprint density at radius 1 is 0.875 bits per heavy atom. The molecule has 0 saturated heterocycles. The largest absolute Gasteiger partial charge is 0.458 e. The number of aliphatic hydroxyl groups is 4. The Morgan fingerprint density at radius 3 is 2.04 bits per heavy atom. The number of hydrogen-bond acceptors (Lipinski definition) is 8. The second-order valence-corrected chi connectivity index (χ2v) is 16.9. The highest BCUT2D eigenvalue weighted by molar-refractivity contribution is 5.95. The molecule has 8 nitrogen and oxygen atoms in total. The highest BCUT2D eigenvalue weighted by atomic mass is 16.6. The van der Waals surface area contributed by atoms with Gasteiger partial charge in [0, 0.05) is 28.2 Å². The van der Waals surface area contributed by atoms with Crippen LogP contribution in [-0.4, -0.2) is 70.5 Å². The van der Waals surface area contributed by atoms with Crippen LogP contribution in [0, 0.1) is 51.2 Å². The van der Waals surface area contributed by atoms with Crippen molar-refractivity contribution < 1.29 is 39.5 Å². The van der Waals surface area contributed by atoms with Gasteiger partial charge in [0.1, 0.15) is 12.7 Å². The van der Waals surface area contributed by atoms with Crippen LogP contribution in [0.25, 0.3) is 0 Å². The van der Waals surface area contributed by atoms with Crippen molar-refractivity contribution in [2.45, 2.75) is 104 Å². The Labute approximate surface area is 285 Å². The van der Waals surface area contributed by atoms with E-state index in [2.05, 4.69) is 33.1 Å². The van der Waals surface area contributed by atoms with Gasteiger partial charge < -0.3 is 29.9 Å². The summed E-state index contributed by atoms with van der Waals surface area (Å²) >= 11 is 0. The van der Waals surface area contributed by atoms with Crippen LogP contribution in [0.4, 0.5) is 0 Å². The van der Waals surface area contributed by atoms with Gasteiger partial charge in [0.2, 0.25) is 0 Å². The standard InChI is InChI=1S/C40H56O8/c1-23-7-11-31-37(3,16-13-33(43)39(31,5)21-41)28(23)10-9-25-19-30(48-35(25)45)27(26-15-18-47-36(26)46)20-29-24(2)8-12-32-38(29,4)17-14-34(44)40(32,6)22-42/h9-10,15,19,27-34,41-44H,1-2,7-8,11-14,16-18,20-22H2,3-6H3/t27?,28?,29?,30?,31?,32?,33?,34?,37-,38-,39-,40-/m0/s1. The van der Waals surface area contributed by atoms with E-state index in [0.717, 1.165) is 49.7 Å². The molecule has 0 aromatic rings. The third-order valence-electron chi connectivity index (χ3n) is 14.6. The number of ether oxygens (including phenoxy) is 2. The van der Waals surface area contributed by atoms with Gasteiger partial charge >= 0.3 is 11.9 Å². The first kappa shape index (κ1) is 35.3. The van der Waals surface area contributed by atoms with Crippen LogP contribution in [0.3, 0.4) is 0 Å². The molecular weight excluding hydrogens is 608 g/mol. The van der Waals surface area contributed by atoms with Gasteiger partial charge in [-0.15, -0.1) is 0 Å². The number of fused-ring (bicyclic) bond motifs is 2. The summed E-state index contributed by atoms with van der Waals surface area (Å²) in [6.07, 6.45) is 12.3. The third kappa shape index (κ3) is 5.41. The van der Waals surface area contributed by atoms with Crippen LogP contribution in [0.2, 0.25) is 0 Å². The minimum Gasteiger partial charge on any atom is -0.458 e. The molecule has 0 radical (unpaired) electrons. The van der Waals surface area contributed by atoms with E-state index >= 15 is 0 Å². The maximum atomic E-state index is 13.5. The van der Waals surface area contributed by atoms with E-state index in [0.29, 0.717) is 30.4 Å². The molecule has 4 N–H and O–H groups in total. The molecule has 0 amide bonds. The van der Waals surface area contributed by atoms with Gasteiger partial charge in [0.15, 0.2) is 0 Å². The first-order chi connectivity index (χ1) is 22.6. The van der Waals surface area contributed by atoms with Gasteiger partial charge in [-0.3, -0.25) is 0 Å². The fraction of sp³-hybridized carbons (Fsp3) is 0.700. The maximum Gasteiger partial charge on any atom is 0.338 e. The molecule has 2 heterocycles. The summed E-state index contributed by atoms with van der Waals surface area (Å²) in [6, 6.07) is 0. The summed E-state index contributed by atoms with van der Waals surface area (Å²) in [5, 5.41) is 42.7. The number of allylic oxidation sites excluding steroid dienone is 3. The lowest BCUT2D eigenvalue weighted by atomic mass is 9.45. The van der Waals surface area contributed by atoms with Crippen molar-refractivity contribution in [3.05, 3.63) is 59.8 Å². The van der Waals surface area contributed by atoms with Crippen molar-refractivity contribution in [3.63, 3.8) is 0 Å². The van der Waals surface area contributed by atoms with E-state index in [1.165, 1.54) is 0 Å². The second-order valence-electron chi connectivity index (χ2n) is 16.9. The molecule has 4 fully saturated rings. The molecule has 6 aliphatic rings. The average Bonchev–Trinajstić information content (AvgIpc) is 3.65. The molecule has 8 heteroatoms. The summed E-state index contributed by atoms with van der Waals surface area (Å²) in [5.41, 5.74) is 1.44. The SMILES string of the molecule is C=C1CCC2[C@@](C)(CCC(O)[C@@]2(C)CO)C1C=CC1=CC(C(CC2C(=C)CCC3[C@@]2(C)CCC(O)[C@@]3(C)CO)C2=CCOC2=O)OC1=O. The number of cyclic esters (lactones) is 2. The van der Waals surface area contributed by atoms with Gasteiger partial charge in [-0.25, -0.2) is 9.59 Å². The third-order valence-corrected chi connectivity index (χ3v) is 14.6. The second kappa shape index (κ2) is 12.7. The summed E-state index contributed by atoms with van der Waals surface area (Å²) < 4.78 is 11.4. The van der Waals surface area contributed by atoms with Crippen LogP contribution >= 0.6 is 0 Å². The van der Waals surface area contributed by atoms with Crippen LogP contribution in [-0.2, 0) is 19.1 Å². The van der Waals surface area contributed by atoms with Crippen molar-refractivity contribution in [1.29, 1.82) is 0 Å². The van der Waals surface area contributed by atoms with E-state index in [1.54, 1.807) is 6.08 Å². The highest BCUT2D eigenvalue weighted by Crippen LogP contribution is 2.63. The molecule has 0 spiro atoms. The highest BCUT2D eigenvalue weighted by Gasteiger charge is 2.59. The van der Waals surface area contributed by atoms with Crippen molar-refractivity contribution >= 4 is 11.9 Å². The zero-order valence-corrected chi connectivity index (χ0v) is 29.2. The molecule has 0 bridgehead atoms. The van der Waals surface area contributed by atoms with E-state index in [9.17, 15) is 30.0 Å². The van der Waals surface area contributed by atoms with E-state index in [-0.39, 0.29) is 60.3 Å². The number of carbonyl (C=O) groups is 2. The Bertz CT molecular complexity index is 1440. The fourth-order valence-electron chi connectivity index (χ4n) is 11.5. The molecule has 0 aromatic carbocycles. The number of hydrogen-bond donors (Lipinski definition) is 4. The smallest absolute Gasteiger partial charge is 0.338 e. The molecule has 0 aromatic heterocycles. The Morgan fingerprint density at radius 2 is 1.46 bits per heavy atom. The molecule has 2 aliphatic heterocycles. The van der Waals surface area contributed by atoms with Gasteiger partial charge in [-0.05, 0) is 98.5 Å². The van der Waals surface area contributed by atoms with Crippen LogP contribution in [0.1, 0.15) is 85.5 Å². The Balaban J connectivity index is 1.30. The van der Waals surface area contributed by atoms with E-state index in [1.807, 2.05) is 26.0 Å². The number of carbonyl (C=O) groups excluding carboxylic acids is 2. The minimum absolute atomic E-state index is 0.00875. The summed E-state index contributed by atoms with van der Waals surface area (Å²) in [4.78, 5) is 26.5. The van der Waals surface area contributed by atoms with Crippen molar-refractivity contribution in [2.75, 3.05) is 19.8 Å². The average molecular weight is 665 g/mol. The van der Waals surface area contributed by atoms with Crippen molar-refractivity contribution in [3.8, 4) is 0 Å². The maximum absolute atomic E-state index is 13.5. The van der Waals surface area contributed by atoms with E-state index < -0.39 is 41.0 Å². The number of aliphatic hydroxyl groups excluding tert-OH is 4. The lowest BCUT2D eigenvalue weighted by molar-refractivity contribution is -0.156. The van der Waals surface area contributed by atoms with Crippen molar-refractivity contribution in [1.82, 2.24) is 0 Å². The monoisotopic (exact) mass is 664 g/mol. The summed E-state index contributed by atoms with van der Waals surface area (Å²) in [7, 11) is 0. The number of rotatable bonds is 8. The Kier molecular flexibility index (Phi) is 9.32. The normalized spacial score (nSPS) is 45.3. The van der Waals surface area contributed by atoms with Gasteiger partial charge in [0.05, 0.1) is 31.0 Å². The predicted octanol–water partition coefficient (Wildman–Crippen LogP) is 5.37. The van der Waals surface area contributed by atoms with Gasteiger partial charge in [-0.2, -0.15) is 0 Å². The minimum atomic E-state index is -0.662. The van der Waals surface area contributed by atoms with Crippen LogP contribution in [0.15, 0.2) is 59.8 Å². The Hall–Kier alpha value is -2.52. The zero-order valence-electron chi connectivity index (χ0n) is 29.2. The lowest BCUT2D eigenvalue weighted by Gasteiger charge is -2.60. The van der Waals surface area contributed by atoms with Gasteiger partial charge in [0.25, 0.3) is 0 Å². The molecule has 6 rings (SSSR count). The molecule has 264 valence electrons. The zero-order chi connectivity index (χ0) is 34.8. The first-order valence-electron chi connectivity index (χ1n) is 18.1. The topological polar surface area (TPSA) is 134 Å². The van der Waals surface area contributed by atoms with Crippen LogP contribution < -0.4 is 0 Å². The lowest BCUT2D eigenvalue weighted by Crippen LogP contribution is -2.57. The predicted molar refractivity (Wildman–Crippen MR) is 182 cm³/mol. The molecule has 8 unspecified atom stereocenters. The first-order valence-corrected chi connectivity index (χ1v) is 18.1. The van der Waals surface area contributed by atoms with Crippen LogP contribution in [0.5, 0.6) is 0 Å². The number of esters is 2. The molecule has 4 saturated carbocycles. The summed E-state index contributed by atoms with van der Waals surface area (Å²) in [5.74, 6) is -1.13. The molecule has 4 aliphatic carbocycles. The molecule has 12 atom stereocenters. The molecule has 48 heavy (non-hydrogen) atoms. The quantitative estimate of drug-likeness (QED) is 0.201. The van der Waals surface area contributed by atoms with Crippen molar-refractivity contribution in [2.24, 2.45) is 51.2 Å². The van der Waals surface area contributed by atoms with Gasteiger partial charge in [-0.1, -0.05) is 64.2 Å². The molecular formula is C40H56O8. The fourth-order valence-corrected chi connectivity index (χ4v) is 11.5. The van der Waals surface area contributed by atoms with E-state index in [4.69, 9.17) is 9.47 Å².